The molecule has 0 spiro atoms. The molecule has 2 aromatic rings. The SMILES string of the molecule is Cc1cccc(NC(C#N)c2ccccc2C(F)(F)F)c1. The van der Waals surface area contributed by atoms with Crippen molar-refractivity contribution < 1.29 is 13.2 Å². The number of hydrogen-bond donors (Lipinski definition) is 1. The van der Waals surface area contributed by atoms with Gasteiger partial charge in [0.05, 0.1) is 11.6 Å². The highest BCUT2D eigenvalue weighted by molar-refractivity contribution is 5.50. The highest BCUT2D eigenvalue weighted by Gasteiger charge is 2.35. The van der Waals surface area contributed by atoms with Crippen molar-refractivity contribution in [2.24, 2.45) is 0 Å². The van der Waals surface area contributed by atoms with Crippen LogP contribution in [0.3, 0.4) is 0 Å². The second-order valence-corrected chi connectivity index (χ2v) is 4.66. The summed E-state index contributed by atoms with van der Waals surface area (Å²) in [4.78, 5) is 0. The molecule has 0 bridgehead atoms. The van der Waals surface area contributed by atoms with Crippen molar-refractivity contribution in [2.75, 3.05) is 5.32 Å². The van der Waals surface area contributed by atoms with Crippen LogP contribution < -0.4 is 5.32 Å². The van der Waals surface area contributed by atoms with Crippen molar-refractivity contribution in [2.45, 2.75) is 19.1 Å². The van der Waals surface area contributed by atoms with Crippen LogP contribution in [0.2, 0.25) is 0 Å². The summed E-state index contributed by atoms with van der Waals surface area (Å²) >= 11 is 0. The van der Waals surface area contributed by atoms with Crippen LogP contribution in [0.4, 0.5) is 18.9 Å². The Morgan fingerprint density at radius 3 is 2.43 bits per heavy atom. The first-order chi connectivity index (χ1) is 9.91. The topological polar surface area (TPSA) is 35.8 Å². The fourth-order valence-corrected chi connectivity index (χ4v) is 2.09. The molecule has 1 N–H and O–H groups in total. The quantitative estimate of drug-likeness (QED) is 0.890. The third kappa shape index (κ3) is 3.54. The number of hydrogen-bond acceptors (Lipinski definition) is 2. The summed E-state index contributed by atoms with van der Waals surface area (Å²) in [5.41, 5.74) is 0.699. The van der Waals surface area contributed by atoms with Crippen molar-refractivity contribution in [1.29, 1.82) is 5.26 Å². The maximum atomic E-state index is 13.0. The first-order valence-corrected chi connectivity index (χ1v) is 6.31. The zero-order chi connectivity index (χ0) is 15.5. The summed E-state index contributed by atoms with van der Waals surface area (Å²) < 4.78 is 39.0. The molecule has 1 unspecified atom stereocenters. The zero-order valence-corrected chi connectivity index (χ0v) is 11.3. The summed E-state index contributed by atoms with van der Waals surface area (Å²) in [6.07, 6.45) is -4.49. The van der Waals surface area contributed by atoms with Gasteiger partial charge >= 0.3 is 6.18 Å². The smallest absolute Gasteiger partial charge is 0.366 e. The number of rotatable bonds is 3. The molecule has 108 valence electrons. The number of benzene rings is 2. The van der Waals surface area contributed by atoms with Crippen LogP contribution in [0.1, 0.15) is 22.7 Å². The van der Waals surface area contributed by atoms with Crippen molar-refractivity contribution >= 4 is 5.69 Å². The van der Waals surface area contributed by atoms with Gasteiger partial charge in [0.25, 0.3) is 0 Å². The van der Waals surface area contributed by atoms with E-state index in [2.05, 4.69) is 5.32 Å². The molecule has 0 radical (unpaired) electrons. The molecule has 0 aliphatic carbocycles. The van der Waals surface area contributed by atoms with Gasteiger partial charge in [0, 0.05) is 11.3 Å². The van der Waals surface area contributed by atoms with Crippen LogP contribution in [-0.4, -0.2) is 0 Å². The second kappa shape index (κ2) is 5.88. The van der Waals surface area contributed by atoms with E-state index in [9.17, 15) is 18.4 Å². The summed E-state index contributed by atoms with van der Waals surface area (Å²) in [7, 11) is 0. The Hall–Kier alpha value is -2.48. The molecule has 0 aromatic heterocycles. The number of aryl methyl sites for hydroxylation is 1. The highest BCUT2D eigenvalue weighted by atomic mass is 19.4. The lowest BCUT2D eigenvalue weighted by Crippen LogP contribution is -2.16. The fraction of sp³-hybridized carbons (Fsp3) is 0.188. The molecule has 21 heavy (non-hydrogen) atoms. The summed E-state index contributed by atoms with van der Waals surface area (Å²) in [6.45, 7) is 1.87. The molecular formula is C16H13F3N2. The van der Waals surface area contributed by atoms with E-state index in [1.165, 1.54) is 18.2 Å². The maximum Gasteiger partial charge on any atom is 0.416 e. The lowest BCUT2D eigenvalue weighted by Gasteiger charge is -2.18. The number of anilines is 1. The summed E-state index contributed by atoms with van der Waals surface area (Å²) in [6, 6.07) is 13.1. The summed E-state index contributed by atoms with van der Waals surface area (Å²) in [5.74, 6) is 0. The van der Waals surface area contributed by atoms with E-state index >= 15 is 0 Å². The maximum absolute atomic E-state index is 13.0. The van der Waals surface area contributed by atoms with Gasteiger partial charge < -0.3 is 5.32 Å². The Bertz CT molecular complexity index is 672. The number of alkyl halides is 3. The molecule has 0 heterocycles. The second-order valence-electron chi connectivity index (χ2n) is 4.66. The molecule has 0 fully saturated rings. The predicted octanol–water partition coefficient (Wildman–Crippen LogP) is 4.69. The highest BCUT2D eigenvalue weighted by Crippen LogP contribution is 2.35. The molecule has 2 rings (SSSR count). The molecule has 2 nitrogen and oxygen atoms in total. The van der Waals surface area contributed by atoms with Crippen molar-refractivity contribution in [1.82, 2.24) is 0 Å². The van der Waals surface area contributed by atoms with Crippen LogP contribution in [0.15, 0.2) is 48.5 Å². The minimum atomic E-state index is -4.49. The van der Waals surface area contributed by atoms with E-state index in [-0.39, 0.29) is 5.56 Å². The first kappa shape index (κ1) is 14.9. The van der Waals surface area contributed by atoms with Crippen LogP contribution in [0, 0.1) is 18.3 Å². The zero-order valence-electron chi connectivity index (χ0n) is 11.3. The molecular weight excluding hydrogens is 277 g/mol. The lowest BCUT2D eigenvalue weighted by molar-refractivity contribution is -0.138. The standard InChI is InChI=1S/C16H13F3N2/c1-11-5-4-6-12(9-11)21-15(10-20)13-7-2-3-8-14(13)16(17,18)19/h2-9,15,21H,1H3. The average Bonchev–Trinajstić information content (AvgIpc) is 2.44. The van der Waals surface area contributed by atoms with Gasteiger partial charge in [0.1, 0.15) is 6.04 Å². The fourth-order valence-electron chi connectivity index (χ4n) is 2.09. The van der Waals surface area contributed by atoms with Gasteiger partial charge in [-0.3, -0.25) is 0 Å². The molecule has 0 aliphatic heterocycles. The van der Waals surface area contributed by atoms with Gasteiger partial charge in [-0.2, -0.15) is 18.4 Å². The Kier molecular flexibility index (Phi) is 4.18. The largest absolute Gasteiger partial charge is 0.416 e. The van der Waals surface area contributed by atoms with Crippen LogP contribution >= 0.6 is 0 Å². The summed E-state index contributed by atoms with van der Waals surface area (Å²) in [5, 5.41) is 12.1. The average molecular weight is 290 g/mol. The predicted molar refractivity (Wildman–Crippen MR) is 74.6 cm³/mol. The normalized spacial score (nSPS) is 12.5. The minimum Gasteiger partial charge on any atom is -0.366 e. The van der Waals surface area contributed by atoms with E-state index in [0.717, 1.165) is 11.6 Å². The van der Waals surface area contributed by atoms with Gasteiger partial charge in [-0.05, 0) is 30.7 Å². The Morgan fingerprint density at radius 2 is 1.81 bits per heavy atom. The Morgan fingerprint density at radius 1 is 1.10 bits per heavy atom. The molecule has 0 saturated carbocycles. The van der Waals surface area contributed by atoms with Crippen LogP contribution in [-0.2, 0) is 6.18 Å². The van der Waals surface area contributed by atoms with Gasteiger partial charge in [-0.15, -0.1) is 0 Å². The van der Waals surface area contributed by atoms with Crippen LogP contribution in [0.5, 0.6) is 0 Å². The number of nitrogens with zero attached hydrogens (tertiary/aromatic N) is 1. The molecule has 0 amide bonds. The van der Waals surface area contributed by atoms with Crippen molar-refractivity contribution in [3.8, 4) is 6.07 Å². The minimum absolute atomic E-state index is 0.0750. The molecule has 1 atom stereocenters. The number of halogens is 3. The van der Waals surface area contributed by atoms with Gasteiger partial charge in [-0.25, -0.2) is 0 Å². The van der Waals surface area contributed by atoms with Gasteiger partial charge in [-0.1, -0.05) is 30.3 Å². The number of nitrogens with one attached hydrogen (secondary N) is 1. The van der Waals surface area contributed by atoms with E-state index < -0.39 is 17.8 Å². The Labute approximate surface area is 120 Å². The van der Waals surface area contributed by atoms with Crippen LogP contribution in [0.25, 0.3) is 0 Å². The van der Waals surface area contributed by atoms with E-state index in [1.807, 2.05) is 19.1 Å². The molecule has 0 aliphatic rings. The van der Waals surface area contributed by atoms with Gasteiger partial charge in [0.15, 0.2) is 0 Å². The first-order valence-electron chi connectivity index (χ1n) is 6.31. The van der Waals surface area contributed by atoms with Gasteiger partial charge in [0.2, 0.25) is 0 Å². The molecule has 5 heteroatoms. The third-order valence-electron chi connectivity index (χ3n) is 3.04. The molecule has 0 saturated heterocycles. The Balaban J connectivity index is 2.37. The monoisotopic (exact) mass is 290 g/mol. The van der Waals surface area contributed by atoms with Crippen molar-refractivity contribution in [3.05, 3.63) is 65.2 Å². The number of nitriles is 1. The van der Waals surface area contributed by atoms with Crippen molar-refractivity contribution in [3.63, 3.8) is 0 Å². The van der Waals surface area contributed by atoms with E-state index in [1.54, 1.807) is 18.2 Å². The van der Waals surface area contributed by atoms with E-state index in [0.29, 0.717) is 5.69 Å². The third-order valence-corrected chi connectivity index (χ3v) is 3.04. The molecule has 2 aromatic carbocycles. The van der Waals surface area contributed by atoms with E-state index in [4.69, 9.17) is 0 Å². The lowest BCUT2D eigenvalue weighted by atomic mass is 10.0.